The van der Waals surface area contributed by atoms with Crippen molar-refractivity contribution in [3.63, 3.8) is 0 Å². The Morgan fingerprint density at radius 3 is 3.08 bits per heavy atom. The van der Waals surface area contributed by atoms with Crippen LogP contribution in [-0.2, 0) is 9.53 Å². The van der Waals surface area contributed by atoms with E-state index < -0.39 is 0 Å². The number of likely N-dealkylation sites (tertiary alicyclic amines) is 1. The highest BCUT2D eigenvalue weighted by molar-refractivity contribution is 9.10. The van der Waals surface area contributed by atoms with Gasteiger partial charge in [-0.15, -0.1) is 14.9 Å². The third-order valence-electron chi connectivity index (χ3n) is 3.82. The summed E-state index contributed by atoms with van der Waals surface area (Å²) in [4.78, 5) is 18.1. The van der Waals surface area contributed by atoms with Gasteiger partial charge in [-0.1, -0.05) is 15.9 Å². The van der Waals surface area contributed by atoms with Crippen molar-refractivity contribution in [2.24, 2.45) is 4.99 Å². The van der Waals surface area contributed by atoms with E-state index in [1.54, 1.807) is 18.2 Å². The van der Waals surface area contributed by atoms with Gasteiger partial charge in [-0.2, -0.15) is 0 Å². The van der Waals surface area contributed by atoms with Crippen molar-refractivity contribution in [2.45, 2.75) is 18.9 Å². The number of carbonyl (C=O) groups excluding carboxylic acids is 1. The Morgan fingerprint density at radius 2 is 2.33 bits per heavy atom. The van der Waals surface area contributed by atoms with E-state index in [1.807, 2.05) is 7.05 Å². The molecule has 0 radical (unpaired) electrons. The second-order valence-corrected chi connectivity index (χ2v) is 6.66. The molecule has 1 atom stereocenters. The molecule has 8 nitrogen and oxygen atoms in total. The number of ether oxygens (including phenoxy) is 1. The van der Waals surface area contributed by atoms with Crippen molar-refractivity contribution in [1.82, 2.24) is 19.8 Å². The number of hydrogen-bond donors (Lipinski definition) is 1. The van der Waals surface area contributed by atoms with E-state index in [4.69, 9.17) is 4.74 Å². The first-order valence-electron chi connectivity index (χ1n) is 7.65. The van der Waals surface area contributed by atoms with Gasteiger partial charge in [-0.05, 0) is 31.7 Å². The Kier molecular flexibility index (Phi) is 5.10. The van der Waals surface area contributed by atoms with Crippen LogP contribution < -0.4 is 5.62 Å². The molecule has 3 rings (SSSR count). The highest BCUT2D eigenvalue weighted by Crippen LogP contribution is 2.15. The average molecular weight is 396 g/mol. The number of benzene rings is 1. The summed E-state index contributed by atoms with van der Waals surface area (Å²) in [5.74, 6) is -0.291. The third-order valence-corrected chi connectivity index (χ3v) is 4.31. The molecule has 1 fully saturated rings. The van der Waals surface area contributed by atoms with E-state index in [0.29, 0.717) is 11.0 Å². The Morgan fingerprint density at radius 1 is 1.50 bits per heavy atom. The van der Waals surface area contributed by atoms with E-state index in [2.05, 4.69) is 36.0 Å². The van der Waals surface area contributed by atoms with Gasteiger partial charge in [0.2, 0.25) is 0 Å². The van der Waals surface area contributed by atoms with Crippen molar-refractivity contribution >= 4 is 32.9 Å². The van der Waals surface area contributed by atoms with Gasteiger partial charge in [0.1, 0.15) is 17.1 Å². The molecule has 1 aliphatic rings. The number of halogens is 1. The summed E-state index contributed by atoms with van der Waals surface area (Å²) in [6.45, 7) is 1.89. The highest BCUT2D eigenvalue weighted by Gasteiger charge is 2.22. The molecule has 1 unspecified atom stereocenters. The van der Waals surface area contributed by atoms with Gasteiger partial charge in [-0.3, -0.25) is 4.79 Å². The normalized spacial score (nSPS) is 19.1. The monoisotopic (exact) mass is 395 g/mol. The van der Waals surface area contributed by atoms with Crippen molar-refractivity contribution in [1.29, 1.82) is 0 Å². The molecule has 0 aliphatic carbocycles. The number of esters is 1. The van der Waals surface area contributed by atoms with Crippen molar-refractivity contribution in [3.8, 4) is 0 Å². The quantitative estimate of drug-likeness (QED) is 0.612. The second-order valence-electron chi connectivity index (χ2n) is 5.74. The largest absolute Gasteiger partial charge is 0.461 e. The van der Waals surface area contributed by atoms with Crippen LogP contribution in [0, 0.1) is 0 Å². The molecule has 1 aliphatic heterocycles. The number of hydrogen-bond acceptors (Lipinski definition) is 7. The lowest BCUT2D eigenvalue weighted by Gasteiger charge is -2.11. The molecular weight excluding hydrogens is 378 g/mol. The molecule has 0 bridgehead atoms. The maximum atomic E-state index is 11.8. The lowest BCUT2D eigenvalue weighted by atomic mass is 10.3. The van der Waals surface area contributed by atoms with E-state index in [-0.39, 0.29) is 30.7 Å². The SMILES string of the molecule is CN1CCC(OC(=O)CCN=c2nnc3cc(Br)ccc3n2O)C1. The Bertz CT molecular complexity index is 822. The van der Waals surface area contributed by atoms with Gasteiger partial charge in [-0.25, -0.2) is 4.99 Å². The predicted octanol–water partition coefficient (Wildman–Crippen LogP) is 0.969. The Balaban J connectivity index is 1.64. The van der Waals surface area contributed by atoms with Crippen molar-refractivity contribution in [2.75, 3.05) is 26.7 Å². The van der Waals surface area contributed by atoms with Crippen LogP contribution in [0.15, 0.2) is 27.7 Å². The molecule has 1 aromatic carbocycles. The standard InChI is InChI=1S/C15H18BrN5O3/c1-20-7-5-11(9-20)24-14(22)4-6-17-15-19-18-12-8-10(16)2-3-13(12)21(15)23/h2-3,8,11,23H,4-7,9H2,1H3. The van der Waals surface area contributed by atoms with Crippen LogP contribution in [0.1, 0.15) is 12.8 Å². The molecule has 128 valence electrons. The van der Waals surface area contributed by atoms with Gasteiger partial charge in [0, 0.05) is 17.6 Å². The van der Waals surface area contributed by atoms with Crippen LogP contribution in [0.2, 0.25) is 0 Å². The van der Waals surface area contributed by atoms with E-state index in [9.17, 15) is 10.0 Å². The third kappa shape index (κ3) is 3.90. The van der Waals surface area contributed by atoms with Crippen LogP contribution in [0.25, 0.3) is 11.0 Å². The smallest absolute Gasteiger partial charge is 0.307 e. The van der Waals surface area contributed by atoms with Crippen molar-refractivity contribution in [3.05, 3.63) is 28.3 Å². The number of carbonyl (C=O) groups is 1. The lowest BCUT2D eigenvalue weighted by Crippen LogP contribution is -2.26. The molecule has 1 aromatic heterocycles. The summed E-state index contributed by atoms with van der Waals surface area (Å²) in [7, 11) is 2.00. The summed E-state index contributed by atoms with van der Waals surface area (Å²) in [6.07, 6.45) is 0.964. The minimum Gasteiger partial charge on any atom is -0.461 e. The fraction of sp³-hybridized carbons (Fsp3) is 0.467. The Hall–Kier alpha value is -2.00. The zero-order valence-electron chi connectivity index (χ0n) is 13.2. The topological polar surface area (TPSA) is 92.8 Å². The molecule has 0 spiro atoms. The fourth-order valence-corrected chi connectivity index (χ4v) is 2.93. The summed E-state index contributed by atoms with van der Waals surface area (Å²) in [5.41, 5.74) is 1.08. The molecule has 0 amide bonds. The summed E-state index contributed by atoms with van der Waals surface area (Å²) in [6, 6.07) is 5.24. The molecular formula is C15H18BrN5O3. The molecule has 24 heavy (non-hydrogen) atoms. The highest BCUT2D eigenvalue weighted by atomic mass is 79.9. The van der Waals surface area contributed by atoms with Gasteiger partial charge >= 0.3 is 5.97 Å². The first-order valence-corrected chi connectivity index (χ1v) is 8.45. The first-order chi connectivity index (χ1) is 11.5. The molecule has 2 heterocycles. The van der Waals surface area contributed by atoms with Crippen LogP contribution >= 0.6 is 15.9 Å². The maximum absolute atomic E-state index is 11.8. The van der Waals surface area contributed by atoms with E-state index in [1.165, 1.54) is 0 Å². The lowest BCUT2D eigenvalue weighted by molar-refractivity contribution is -0.148. The predicted molar refractivity (Wildman–Crippen MR) is 89.5 cm³/mol. The molecule has 0 saturated carbocycles. The fourth-order valence-electron chi connectivity index (χ4n) is 2.59. The average Bonchev–Trinajstić information content (AvgIpc) is 2.94. The minimum atomic E-state index is -0.291. The van der Waals surface area contributed by atoms with Crippen LogP contribution in [-0.4, -0.2) is 63.8 Å². The number of aromatic nitrogens is 3. The summed E-state index contributed by atoms with van der Waals surface area (Å²) in [5, 5.41) is 18.0. The van der Waals surface area contributed by atoms with Gasteiger partial charge in [0.25, 0.3) is 5.62 Å². The van der Waals surface area contributed by atoms with Crippen molar-refractivity contribution < 1.29 is 14.7 Å². The molecule has 9 heteroatoms. The van der Waals surface area contributed by atoms with Gasteiger partial charge in [0.05, 0.1) is 13.0 Å². The maximum Gasteiger partial charge on any atom is 0.307 e. The van der Waals surface area contributed by atoms with E-state index in [0.717, 1.165) is 28.7 Å². The minimum absolute atomic E-state index is 0.0378. The molecule has 1 N–H and O–H groups in total. The first kappa shape index (κ1) is 16.8. The van der Waals surface area contributed by atoms with Gasteiger partial charge in [0.15, 0.2) is 0 Å². The molecule has 1 saturated heterocycles. The zero-order chi connectivity index (χ0) is 17.1. The number of likely N-dealkylation sites (N-methyl/N-ethyl adjacent to an activating group) is 1. The summed E-state index contributed by atoms with van der Waals surface area (Å²) < 4.78 is 7.09. The van der Waals surface area contributed by atoms with Crippen LogP contribution in [0.4, 0.5) is 0 Å². The van der Waals surface area contributed by atoms with Crippen LogP contribution in [0.5, 0.6) is 0 Å². The second kappa shape index (κ2) is 7.27. The number of rotatable bonds is 4. The number of fused-ring (bicyclic) bond motifs is 1. The summed E-state index contributed by atoms with van der Waals surface area (Å²) >= 11 is 3.34. The molecule has 2 aromatic rings. The van der Waals surface area contributed by atoms with Gasteiger partial charge < -0.3 is 14.8 Å². The van der Waals surface area contributed by atoms with E-state index >= 15 is 0 Å². The number of nitrogens with zero attached hydrogens (tertiary/aromatic N) is 5. The Labute approximate surface area is 146 Å². The van der Waals surface area contributed by atoms with Crippen LogP contribution in [0.3, 0.4) is 0 Å². The zero-order valence-corrected chi connectivity index (χ0v) is 14.8.